The molecule has 0 aliphatic carbocycles. The van der Waals surface area contributed by atoms with E-state index in [1.165, 1.54) is 12.1 Å². The highest BCUT2D eigenvalue weighted by atomic mass is 19.4. The number of halogens is 3. The third-order valence-electron chi connectivity index (χ3n) is 4.68. The van der Waals surface area contributed by atoms with Crippen molar-refractivity contribution in [3.63, 3.8) is 0 Å². The van der Waals surface area contributed by atoms with Crippen molar-refractivity contribution in [2.45, 2.75) is 39.4 Å². The van der Waals surface area contributed by atoms with E-state index >= 15 is 0 Å². The third-order valence-corrected chi connectivity index (χ3v) is 4.68. The van der Waals surface area contributed by atoms with Crippen LogP contribution in [0.25, 0.3) is 11.4 Å². The number of piperazine rings is 1. The fourth-order valence-electron chi connectivity index (χ4n) is 3.19. The van der Waals surface area contributed by atoms with Gasteiger partial charge < -0.3 is 15.1 Å². The maximum Gasteiger partial charge on any atom is 0.416 e. The van der Waals surface area contributed by atoms with Gasteiger partial charge in [0.05, 0.1) is 5.56 Å². The molecule has 0 radical (unpaired) electrons. The number of amides is 2. The number of alkyl halides is 3. The summed E-state index contributed by atoms with van der Waals surface area (Å²) in [6, 6.07) is 6.59. The lowest BCUT2D eigenvalue weighted by molar-refractivity contribution is -0.137. The van der Waals surface area contributed by atoms with Gasteiger partial charge in [-0.25, -0.2) is 14.8 Å². The smallest absolute Gasteiger partial charge is 0.353 e. The predicted octanol–water partition coefficient (Wildman–Crippen LogP) is 4.10. The van der Waals surface area contributed by atoms with E-state index in [0.29, 0.717) is 43.4 Å². The van der Waals surface area contributed by atoms with Crippen LogP contribution in [-0.4, -0.2) is 52.6 Å². The van der Waals surface area contributed by atoms with Gasteiger partial charge >= 0.3 is 12.2 Å². The van der Waals surface area contributed by atoms with E-state index in [-0.39, 0.29) is 11.6 Å². The van der Waals surface area contributed by atoms with Gasteiger partial charge in [-0.2, -0.15) is 13.2 Å². The van der Waals surface area contributed by atoms with Crippen molar-refractivity contribution < 1.29 is 18.0 Å². The molecule has 2 aromatic rings. The van der Waals surface area contributed by atoms with Crippen LogP contribution in [-0.2, 0) is 6.18 Å². The van der Waals surface area contributed by atoms with Gasteiger partial charge in [-0.15, -0.1) is 0 Å². The lowest BCUT2D eigenvalue weighted by Gasteiger charge is -2.37. The van der Waals surface area contributed by atoms with E-state index in [9.17, 15) is 18.0 Å². The summed E-state index contributed by atoms with van der Waals surface area (Å²) in [5.74, 6) is 1.08. The molecule has 1 fully saturated rings. The standard InChI is InChI=1S/C21H26F3N5O/c1-14-13-17(28-9-11-29(12-10-28)19(30)27-20(2,3)4)26-18(25-14)15-5-7-16(8-6-15)21(22,23)24/h5-8,13H,9-12H2,1-4H3,(H,27,30). The van der Waals surface area contributed by atoms with Crippen LogP contribution in [0.15, 0.2) is 30.3 Å². The second-order valence-corrected chi connectivity index (χ2v) is 8.42. The van der Waals surface area contributed by atoms with Crippen LogP contribution in [0.1, 0.15) is 32.0 Å². The van der Waals surface area contributed by atoms with E-state index in [1.807, 2.05) is 33.8 Å². The molecule has 1 N–H and O–H groups in total. The number of benzene rings is 1. The van der Waals surface area contributed by atoms with Gasteiger partial charge in [-0.3, -0.25) is 0 Å². The predicted molar refractivity (Wildman–Crippen MR) is 109 cm³/mol. The SMILES string of the molecule is Cc1cc(N2CCN(C(=O)NC(C)(C)C)CC2)nc(-c2ccc(C(F)(F)F)cc2)n1. The highest BCUT2D eigenvalue weighted by Crippen LogP contribution is 2.30. The van der Waals surface area contributed by atoms with Crippen molar-refractivity contribution in [1.29, 1.82) is 0 Å². The summed E-state index contributed by atoms with van der Waals surface area (Å²) in [5.41, 5.74) is 0.247. The highest BCUT2D eigenvalue weighted by Gasteiger charge is 2.30. The largest absolute Gasteiger partial charge is 0.416 e. The number of aromatic nitrogens is 2. The number of urea groups is 1. The summed E-state index contributed by atoms with van der Waals surface area (Å²) >= 11 is 0. The summed E-state index contributed by atoms with van der Waals surface area (Å²) in [7, 11) is 0. The Bertz CT molecular complexity index is 898. The molecule has 162 valence electrons. The number of rotatable bonds is 2. The molecule has 2 heterocycles. The van der Waals surface area contributed by atoms with Gasteiger partial charge in [0.2, 0.25) is 0 Å². The number of nitrogens with one attached hydrogen (secondary N) is 1. The zero-order chi connectivity index (χ0) is 22.1. The zero-order valence-electron chi connectivity index (χ0n) is 17.5. The number of hydrogen-bond acceptors (Lipinski definition) is 4. The molecule has 6 nitrogen and oxygen atoms in total. The Kier molecular flexibility index (Phi) is 5.92. The molecular weight excluding hydrogens is 395 g/mol. The van der Waals surface area contributed by atoms with Crippen molar-refractivity contribution in [2.24, 2.45) is 0 Å². The Labute approximate surface area is 174 Å². The second-order valence-electron chi connectivity index (χ2n) is 8.42. The summed E-state index contributed by atoms with van der Waals surface area (Å²) in [6.45, 7) is 9.97. The lowest BCUT2D eigenvalue weighted by atomic mass is 10.1. The average Bonchev–Trinajstić information content (AvgIpc) is 2.66. The van der Waals surface area contributed by atoms with Crippen LogP contribution in [0, 0.1) is 6.92 Å². The third kappa shape index (κ3) is 5.40. The molecule has 1 aromatic heterocycles. The van der Waals surface area contributed by atoms with E-state index in [0.717, 1.165) is 17.8 Å². The quantitative estimate of drug-likeness (QED) is 0.793. The summed E-state index contributed by atoms with van der Waals surface area (Å²) < 4.78 is 38.4. The monoisotopic (exact) mass is 421 g/mol. The van der Waals surface area contributed by atoms with Crippen LogP contribution in [0.3, 0.4) is 0 Å². The van der Waals surface area contributed by atoms with Crippen molar-refractivity contribution in [2.75, 3.05) is 31.1 Å². The molecule has 1 saturated heterocycles. The van der Waals surface area contributed by atoms with Crippen molar-refractivity contribution in [1.82, 2.24) is 20.2 Å². The van der Waals surface area contributed by atoms with Crippen LogP contribution < -0.4 is 10.2 Å². The summed E-state index contributed by atoms with van der Waals surface area (Å²) in [5, 5.41) is 2.96. The van der Waals surface area contributed by atoms with E-state index in [2.05, 4.69) is 20.2 Å². The maximum atomic E-state index is 12.8. The van der Waals surface area contributed by atoms with Crippen LogP contribution >= 0.6 is 0 Å². The second kappa shape index (κ2) is 8.12. The first-order valence-corrected chi connectivity index (χ1v) is 9.78. The molecule has 0 bridgehead atoms. The Morgan fingerprint density at radius 3 is 2.13 bits per heavy atom. The normalized spacial score (nSPS) is 15.3. The molecule has 9 heteroatoms. The average molecular weight is 421 g/mol. The molecule has 2 amide bonds. The summed E-state index contributed by atoms with van der Waals surface area (Å²) in [6.07, 6.45) is -4.38. The molecule has 0 spiro atoms. The van der Waals surface area contributed by atoms with Gasteiger partial charge in [0.25, 0.3) is 0 Å². The maximum absolute atomic E-state index is 12.8. The highest BCUT2D eigenvalue weighted by molar-refractivity contribution is 5.75. The van der Waals surface area contributed by atoms with Crippen LogP contribution in [0.5, 0.6) is 0 Å². The van der Waals surface area contributed by atoms with E-state index in [4.69, 9.17) is 0 Å². The fraction of sp³-hybridized carbons (Fsp3) is 0.476. The molecule has 3 rings (SSSR count). The molecule has 0 unspecified atom stereocenters. The van der Waals surface area contributed by atoms with Gasteiger partial charge in [0.1, 0.15) is 5.82 Å². The molecule has 0 saturated carbocycles. The minimum absolute atomic E-state index is 0.0912. The molecule has 30 heavy (non-hydrogen) atoms. The molecular formula is C21H26F3N5O. The van der Waals surface area contributed by atoms with E-state index < -0.39 is 11.7 Å². The van der Waals surface area contributed by atoms with Gasteiger partial charge in [-0.1, -0.05) is 12.1 Å². The fourth-order valence-corrected chi connectivity index (χ4v) is 3.19. The van der Waals surface area contributed by atoms with Crippen molar-refractivity contribution in [3.05, 3.63) is 41.6 Å². The van der Waals surface area contributed by atoms with Crippen LogP contribution in [0.2, 0.25) is 0 Å². The Morgan fingerprint density at radius 2 is 1.60 bits per heavy atom. The Morgan fingerprint density at radius 1 is 1.00 bits per heavy atom. The number of aryl methyl sites for hydroxylation is 1. The first-order chi connectivity index (χ1) is 13.9. The Hall–Kier alpha value is -2.84. The number of carbonyl (C=O) groups is 1. The van der Waals surface area contributed by atoms with Crippen LogP contribution in [0.4, 0.5) is 23.8 Å². The zero-order valence-corrected chi connectivity index (χ0v) is 17.5. The number of anilines is 1. The number of carbonyl (C=O) groups excluding carboxylic acids is 1. The number of hydrogen-bond donors (Lipinski definition) is 1. The first-order valence-electron chi connectivity index (χ1n) is 9.78. The van der Waals surface area contributed by atoms with E-state index in [1.54, 1.807) is 4.90 Å². The lowest BCUT2D eigenvalue weighted by Crippen LogP contribution is -2.55. The first kappa shape index (κ1) is 21.9. The van der Waals surface area contributed by atoms with Crippen molar-refractivity contribution in [3.8, 4) is 11.4 Å². The van der Waals surface area contributed by atoms with Gasteiger partial charge in [0, 0.05) is 49.0 Å². The minimum atomic E-state index is -4.38. The van der Waals surface area contributed by atoms with Gasteiger partial charge in [0.15, 0.2) is 5.82 Å². The molecule has 1 aromatic carbocycles. The topological polar surface area (TPSA) is 61.4 Å². The molecule has 0 atom stereocenters. The Balaban J connectivity index is 1.73. The molecule has 1 aliphatic heterocycles. The minimum Gasteiger partial charge on any atom is -0.353 e. The molecule has 1 aliphatic rings. The van der Waals surface area contributed by atoms with Crippen molar-refractivity contribution >= 4 is 11.8 Å². The number of nitrogens with zero attached hydrogens (tertiary/aromatic N) is 4. The summed E-state index contributed by atoms with van der Waals surface area (Å²) in [4.78, 5) is 25.1. The van der Waals surface area contributed by atoms with Gasteiger partial charge in [-0.05, 0) is 39.8 Å².